The van der Waals surface area contributed by atoms with Gasteiger partial charge in [0, 0.05) is 4.88 Å². The second kappa shape index (κ2) is 4.92. The van der Waals surface area contributed by atoms with Crippen LogP contribution in [0.1, 0.15) is 33.2 Å². The fourth-order valence-corrected chi connectivity index (χ4v) is 3.89. The van der Waals surface area contributed by atoms with Gasteiger partial charge in [-0.05, 0) is 53.9 Å². The van der Waals surface area contributed by atoms with Crippen molar-refractivity contribution in [1.82, 2.24) is 0 Å². The molecule has 0 aliphatic carbocycles. The molecular formula is C14H16BrNS. The molecule has 17 heavy (non-hydrogen) atoms. The van der Waals surface area contributed by atoms with E-state index in [0.717, 1.165) is 3.79 Å². The average molecular weight is 310 g/mol. The summed E-state index contributed by atoms with van der Waals surface area (Å²) in [6.45, 7) is 6.34. The fourth-order valence-electron chi connectivity index (χ4n) is 2.14. The molecule has 2 N–H and O–H groups in total. The quantitative estimate of drug-likeness (QED) is 0.869. The SMILES string of the molecule is Cc1cc(C)cc(C(N)c2cc(Br)sc2C)c1. The third kappa shape index (κ3) is 2.79. The summed E-state index contributed by atoms with van der Waals surface area (Å²) in [7, 11) is 0. The van der Waals surface area contributed by atoms with Crippen molar-refractivity contribution in [2.45, 2.75) is 26.8 Å². The van der Waals surface area contributed by atoms with Crippen molar-refractivity contribution in [1.29, 1.82) is 0 Å². The summed E-state index contributed by atoms with van der Waals surface area (Å²) in [4.78, 5) is 1.28. The fraction of sp³-hybridized carbons (Fsp3) is 0.286. The topological polar surface area (TPSA) is 26.0 Å². The van der Waals surface area contributed by atoms with Crippen LogP contribution in [0.4, 0.5) is 0 Å². The molecule has 1 nitrogen and oxygen atoms in total. The Labute approximate surface area is 115 Å². The van der Waals surface area contributed by atoms with Crippen LogP contribution in [-0.2, 0) is 0 Å². The molecule has 1 aromatic heterocycles. The van der Waals surface area contributed by atoms with Gasteiger partial charge in [-0.1, -0.05) is 29.3 Å². The number of hydrogen-bond acceptors (Lipinski definition) is 2. The molecule has 0 radical (unpaired) electrons. The van der Waals surface area contributed by atoms with Gasteiger partial charge < -0.3 is 5.73 Å². The minimum Gasteiger partial charge on any atom is -0.320 e. The van der Waals surface area contributed by atoms with Crippen molar-refractivity contribution in [3.05, 3.63) is 55.2 Å². The largest absolute Gasteiger partial charge is 0.320 e. The zero-order chi connectivity index (χ0) is 12.6. The predicted octanol–water partition coefficient (Wildman–Crippen LogP) is 4.48. The molecule has 0 spiro atoms. The van der Waals surface area contributed by atoms with E-state index < -0.39 is 0 Å². The maximum atomic E-state index is 6.35. The van der Waals surface area contributed by atoms with Crippen LogP contribution in [-0.4, -0.2) is 0 Å². The maximum Gasteiger partial charge on any atom is 0.0704 e. The van der Waals surface area contributed by atoms with Crippen LogP contribution in [0, 0.1) is 20.8 Å². The van der Waals surface area contributed by atoms with E-state index in [9.17, 15) is 0 Å². The number of halogens is 1. The molecular weight excluding hydrogens is 294 g/mol. The van der Waals surface area contributed by atoms with E-state index in [1.807, 2.05) is 0 Å². The van der Waals surface area contributed by atoms with Crippen LogP contribution >= 0.6 is 27.3 Å². The Morgan fingerprint density at radius 3 is 2.12 bits per heavy atom. The normalized spacial score (nSPS) is 12.8. The van der Waals surface area contributed by atoms with Crippen LogP contribution in [0.2, 0.25) is 0 Å². The number of hydrogen-bond donors (Lipinski definition) is 1. The molecule has 0 aliphatic rings. The maximum absolute atomic E-state index is 6.35. The Kier molecular flexibility index (Phi) is 3.71. The third-order valence-corrected chi connectivity index (χ3v) is 4.43. The molecule has 0 saturated heterocycles. The van der Waals surface area contributed by atoms with Crippen molar-refractivity contribution >= 4 is 27.3 Å². The number of nitrogens with two attached hydrogens (primary N) is 1. The lowest BCUT2D eigenvalue weighted by Gasteiger charge is -2.13. The lowest BCUT2D eigenvalue weighted by molar-refractivity contribution is 0.865. The van der Waals surface area contributed by atoms with E-state index in [0.29, 0.717) is 0 Å². The van der Waals surface area contributed by atoms with Crippen molar-refractivity contribution in [2.24, 2.45) is 5.73 Å². The van der Waals surface area contributed by atoms with Crippen molar-refractivity contribution in [2.75, 3.05) is 0 Å². The molecule has 90 valence electrons. The first-order valence-electron chi connectivity index (χ1n) is 5.57. The van der Waals surface area contributed by atoms with Crippen molar-refractivity contribution in [3.8, 4) is 0 Å². The zero-order valence-corrected chi connectivity index (χ0v) is 12.7. The average Bonchev–Trinajstić information content (AvgIpc) is 2.55. The summed E-state index contributed by atoms with van der Waals surface area (Å²) < 4.78 is 1.14. The predicted molar refractivity (Wildman–Crippen MR) is 78.7 cm³/mol. The van der Waals surface area contributed by atoms with Crippen LogP contribution in [0.25, 0.3) is 0 Å². The number of thiophene rings is 1. The Bertz CT molecular complexity index is 525. The van der Waals surface area contributed by atoms with Crippen LogP contribution in [0.5, 0.6) is 0 Å². The minimum absolute atomic E-state index is 0.0313. The third-order valence-electron chi connectivity index (χ3n) is 2.86. The lowest BCUT2D eigenvalue weighted by Crippen LogP contribution is -2.12. The summed E-state index contributed by atoms with van der Waals surface area (Å²) in [5.74, 6) is 0. The van der Waals surface area contributed by atoms with Gasteiger partial charge in [0.25, 0.3) is 0 Å². The molecule has 0 bridgehead atoms. The molecule has 2 aromatic rings. The molecule has 0 saturated carbocycles. The molecule has 0 fully saturated rings. The van der Waals surface area contributed by atoms with Gasteiger partial charge in [-0.2, -0.15) is 0 Å². The van der Waals surface area contributed by atoms with E-state index in [-0.39, 0.29) is 6.04 Å². The monoisotopic (exact) mass is 309 g/mol. The second-order valence-electron chi connectivity index (χ2n) is 4.46. The molecule has 0 amide bonds. The summed E-state index contributed by atoms with van der Waals surface area (Å²) in [5.41, 5.74) is 11.3. The van der Waals surface area contributed by atoms with Gasteiger partial charge in [0.1, 0.15) is 0 Å². The summed E-state index contributed by atoms with van der Waals surface area (Å²) in [6.07, 6.45) is 0. The van der Waals surface area contributed by atoms with Gasteiger partial charge in [-0.25, -0.2) is 0 Å². The summed E-state index contributed by atoms with van der Waals surface area (Å²) in [5, 5.41) is 0. The highest BCUT2D eigenvalue weighted by molar-refractivity contribution is 9.11. The number of rotatable bonds is 2. The van der Waals surface area contributed by atoms with Crippen LogP contribution < -0.4 is 5.73 Å². The summed E-state index contributed by atoms with van der Waals surface area (Å²) >= 11 is 5.25. The van der Waals surface area contributed by atoms with Crippen LogP contribution in [0.3, 0.4) is 0 Å². The number of benzene rings is 1. The highest BCUT2D eigenvalue weighted by Crippen LogP contribution is 2.32. The standard InChI is InChI=1S/C14H16BrNS/c1-8-4-9(2)6-11(5-8)14(16)12-7-13(15)17-10(12)3/h4-7,14H,16H2,1-3H3. The van der Waals surface area contributed by atoms with E-state index in [1.165, 1.54) is 27.1 Å². The van der Waals surface area contributed by atoms with Gasteiger partial charge in [0.15, 0.2) is 0 Å². The number of aryl methyl sites for hydroxylation is 3. The zero-order valence-electron chi connectivity index (χ0n) is 10.3. The molecule has 1 unspecified atom stereocenters. The first kappa shape index (κ1) is 12.8. The van der Waals surface area contributed by atoms with E-state index in [1.54, 1.807) is 11.3 Å². The molecule has 2 rings (SSSR count). The highest BCUT2D eigenvalue weighted by atomic mass is 79.9. The van der Waals surface area contributed by atoms with Crippen LogP contribution in [0.15, 0.2) is 28.1 Å². The first-order valence-corrected chi connectivity index (χ1v) is 7.18. The van der Waals surface area contributed by atoms with Gasteiger partial charge >= 0.3 is 0 Å². The summed E-state index contributed by atoms with van der Waals surface area (Å²) in [6, 6.07) is 8.61. The van der Waals surface area contributed by atoms with E-state index in [2.05, 4.69) is 61.0 Å². The Hall–Kier alpha value is -0.640. The molecule has 1 atom stereocenters. The van der Waals surface area contributed by atoms with Gasteiger partial charge in [-0.3, -0.25) is 0 Å². The Morgan fingerprint density at radius 2 is 1.65 bits per heavy atom. The van der Waals surface area contributed by atoms with Crippen molar-refractivity contribution in [3.63, 3.8) is 0 Å². The van der Waals surface area contributed by atoms with Gasteiger partial charge in [0.2, 0.25) is 0 Å². The highest BCUT2D eigenvalue weighted by Gasteiger charge is 2.14. The lowest BCUT2D eigenvalue weighted by atomic mass is 9.97. The van der Waals surface area contributed by atoms with Gasteiger partial charge in [-0.15, -0.1) is 11.3 Å². The second-order valence-corrected chi connectivity index (χ2v) is 7.10. The molecule has 1 heterocycles. The minimum atomic E-state index is -0.0313. The molecule has 3 heteroatoms. The van der Waals surface area contributed by atoms with E-state index >= 15 is 0 Å². The van der Waals surface area contributed by atoms with Crippen molar-refractivity contribution < 1.29 is 0 Å². The Balaban J connectivity index is 2.43. The molecule has 0 aliphatic heterocycles. The first-order chi connectivity index (χ1) is 7.97. The van der Waals surface area contributed by atoms with E-state index in [4.69, 9.17) is 5.73 Å². The van der Waals surface area contributed by atoms with Gasteiger partial charge in [0.05, 0.1) is 9.83 Å². The Morgan fingerprint density at radius 1 is 1.06 bits per heavy atom. The molecule has 1 aromatic carbocycles. The smallest absolute Gasteiger partial charge is 0.0704 e.